The zero-order valence-electron chi connectivity index (χ0n) is 8.99. The fourth-order valence-electron chi connectivity index (χ4n) is 2.13. The van der Waals surface area contributed by atoms with Crippen LogP contribution in [0, 0.1) is 11.8 Å². The normalized spacial score (nSPS) is 23.6. The van der Waals surface area contributed by atoms with Gasteiger partial charge in [-0.25, -0.2) is 4.79 Å². The van der Waals surface area contributed by atoms with Gasteiger partial charge in [-0.3, -0.25) is 0 Å². The van der Waals surface area contributed by atoms with Crippen LogP contribution < -0.4 is 0 Å². The van der Waals surface area contributed by atoms with E-state index in [9.17, 15) is 9.90 Å². The van der Waals surface area contributed by atoms with Crippen LogP contribution >= 0.6 is 0 Å². The van der Waals surface area contributed by atoms with Crippen molar-refractivity contribution in [1.82, 2.24) is 0 Å². The van der Waals surface area contributed by atoms with Crippen LogP contribution in [-0.2, 0) is 4.79 Å². The molecule has 0 aromatic rings. The van der Waals surface area contributed by atoms with E-state index < -0.39 is 11.6 Å². The first-order valence-corrected chi connectivity index (χ1v) is 5.46. The second kappa shape index (κ2) is 4.30. The maximum Gasteiger partial charge on any atom is 0.335 e. The van der Waals surface area contributed by atoms with Gasteiger partial charge in [0.25, 0.3) is 0 Å². The van der Waals surface area contributed by atoms with Crippen LogP contribution in [0.4, 0.5) is 0 Å². The Bertz CT molecular complexity index is 211. The molecule has 1 rings (SSSR count). The second-order valence-electron chi connectivity index (χ2n) is 4.52. The number of carboxylic acids is 1. The largest absolute Gasteiger partial charge is 0.479 e. The topological polar surface area (TPSA) is 57.5 Å². The van der Waals surface area contributed by atoms with Crippen molar-refractivity contribution in [2.75, 3.05) is 0 Å². The molecule has 3 nitrogen and oxygen atoms in total. The number of aliphatic carboxylic acids is 1. The van der Waals surface area contributed by atoms with Crippen molar-refractivity contribution in [1.29, 1.82) is 0 Å². The Morgan fingerprint density at radius 1 is 1.57 bits per heavy atom. The monoisotopic (exact) mass is 200 g/mol. The van der Waals surface area contributed by atoms with E-state index in [4.69, 9.17) is 5.11 Å². The minimum absolute atomic E-state index is 0.143. The fourth-order valence-corrected chi connectivity index (χ4v) is 2.13. The summed E-state index contributed by atoms with van der Waals surface area (Å²) in [7, 11) is 0. The van der Waals surface area contributed by atoms with E-state index in [1.807, 2.05) is 6.92 Å². The fraction of sp³-hybridized carbons (Fsp3) is 0.909. The van der Waals surface area contributed by atoms with Gasteiger partial charge in [0.05, 0.1) is 0 Å². The quantitative estimate of drug-likeness (QED) is 0.714. The van der Waals surface area contributed by atoms with Gasteiger partial charge in [-0.15, -0.1) is 0 Å². The molecule has 82 valence electrons. The van der Waals surface area contributed by atoms with Crippen molar-refractivity contribution in [3.05, 3.63) is 0 Å². The highest BCUT2D eigenvalue weighted by molar-refractivity contribution is 5.77. The molecule has 2 N–H and O–H groups in total. The molecule has 1 aliphatic carbocycles. The Labute approximate surface area is 85.1 Å². The summed E-state index contributed by atoms with van der Waals surface area (Å²) < 4.78 is 0. The van der Waals surface area contributed by atoms with Gasteiger partial charge in [0.2, 0.25) is 0 Å². The van der Waals surface area contributed by atoms with Crippen LogP contribution in [0.1, 0.15) is 46.0 Å². The van der Waals surface area contributed by atoms with Crippen molar-refractivity contribution in [3.8, 4) is 0 Å². The lowest BCUT2D eigenvalue weighted by molar-refractivity contribution is -0.165. The molecule has 0 spiro atoms. The summed E-state index contributed by atoms with van der Waals surface area (Å²) >= 11 is 0. The van der Waals surface area contributed by atoms with E-state index >= 15 is 0 Å². The van der Waals surface area contributed by atoms with E-state index in [2.05, 4.69) is 0 Å². The SMILES string of the molecule is CCC(O)(C(=O)O)C(C)CC1CCC1. The average molecular weight is 200 g/mol. The van der Waals surface area contributed by atoms with Crippen LogP contribution in [0.5, 0.6) is 0 Å². The first-order valence-electron chi connectivity index (χ1n) is 5.46. The van der Waals surface area contributed by atoms with E-state index in [0.717, 1.165) is 6.42 Å². The number of hydrogen-bond acceptors (Lipinski definition) is 2. The maximum absolute atomic E-state index is 10.9. The Morgan fingerprint density at radius 3 is 2.43 bits per heavy atom. The number of rotatable bonds is 5. The van der Waals surface area contributed by atoms with Crippen LogP contribution in [0.3, 0.4) is 0 Å². The summed E-state index contributed by atoms with van der Waals surface area (Å²) in [5.41, 5.74) is -1.52. The molecule has 0 heterocycles. The maximum atomic E-state index is 10.9. The molecule has 0 bridgehead atoms. The smallest absolute Gasteiger partial charge is 0.335 e. The summed E-state index contributed by atoms with van der Waals surface area (Å²) in [4.78, 5) is 10.9. The molecular weight excluding hydrogens is 180 g/mol. The molecule has 0 saturated heterocycles. The second-order valence-corrected chi connectivity index (χ2v) is 4.52. The third kappa shape index (κ3) is 2.08. The number of aliphatic hydroxyl groups is 1. The van der Waals surface area contributed by atoms with Gasteiger partial charge in [0, 0.05) is 0 Å². The Kier molecular flexibility index (Phi) is 3.53. The molecular formula is C11H20O3. The molecule has 2 atom stereocenters. The number of hydrogen-bond donors (Lipinski definition) is 2. The van der Waals surface area contributed by atoms with Crippen molar-refractivity contribution >= 4 is 5.97 Å². The summed E-state index contributed by atoms with van der Waals surface area (Å²) in [5.74, 6) is -0.579. The molecule has 0 radical (unpaired) electrons. The molecule has 0 amide bonds. The van der Waals surface area contributed by atoms with Gasteiger partial charge >= 0.3 is 5.97 Å². The summed E-state index contributed by atoms with van der Waals surface area (Å²) in [5, 5.41) is 18.9. The zero-order chi connectivity index (χ0) is 10.8. The van der Waals surface area contributed by atoms with Gasteiger partial charge in [0.1, 0.15) is 0 Å². The van der Waals surface area contributed by atoms with Gasteiger partial charge in [-0.2, -0.15) is 0 Å². The summed E-state index contributed by atoms with van der Waals surface area (Å²) in [6.07, 6.45) is 4.79. The van der Waals surface area contributed by atoms with Crippen LogP contribution in [0.2, 0.25) is 0 Å². The molecule has 1 saturated carbocycles. The van der Waals surface area contributed by atoms with Gasteiger partial charge in [0.15, 0.2) is 5.60 Å². The van der Waals surface area contributed by atoms with E-state index in [1.165, 1.54) is 19.3 Å². The number of carbonyl (C=O) groups is 1. The first kappa shape index (κ1) is 11.5. The summed E-state index contributed by atoms with van der Waals surface area (Å²) in [6, 6.07) is 0. The lowest BCUT2D eigenvalue weighted by Gasteiger charge is -2.34. The summed E-state index contributed by atoms with van der Waals surface area (Å²) in [6.45, 7) is 3.57. The minimum Gasteiger partial charge on any atom is -0.479 e. The molecule has 14 heavy (non-hydrogen) atoms. The molecule has 2 unspecified atom stereocenters. The lowest BCUT2D eigenvalue weighted by atomic mass is 9.74. The third-order valence-electron chi connectivity index (χ3n) is 3.64. The number of carboxylic acid groups (broad SMARTS) is 1. The predicted octanol–water partition coefficient (Wildman–Crippen LogP) is 2.04. The first-order chi connectivity index (χ1) is 6.50. The van der Waals surface area contributed by atoms with Crippen LogP contribution in [0.25, 0.3) is 0 Å². The molecule has 0 aliphatic heterocycles. The minimum atomic E-state index is -1.52. The van der Waals surface area contributed by atoms with Gasteiger partial charge in [-0.1, -0.05) is 33.1 Å². The van der Waals surface area contributed by atoms with Crippen molar-refractivity contribution in [3.63, 3.8) is 0 Å². The predicted molar refractivity (Wildman–Crippen MR) is 54.0 cm³/mol. The molecule has 0 aromatic heterocycles. The molecule has 1 aliphatic rings. The lowest BCUT2D eigenvalue weighted by Crippen LogP contribution is -2.45. The van der Waals surface area contributed by atoms with Crippen LogP contribution in [-0.4, -0.2) is 21.8 Å². The highest BCUT2D eigenvalue weighted by Gasteiger charge is 2.41. The molecule has 3 heteroatoms. The third-order valence-corrected chi connectivity index (χ3v) is 3.64. The average Bonchev–Trinajstić information content (AvgIpc) is 2.09. The van der Waals surface area contributed by atoms with E-state index in [1.54, 1.807) is 6.92 Å². The van der Waals surface area contributed by atoms with Crippen molar-refractivity contribution in [2.45, 2.75) is 51.6 Å². The molecule has 0 aromatic carbocycles. The van der Waals surface area contributed by atoms with Crippen LogP contribution in [0.15, 0.2) is 0 Å². The molecule has 1 fully saturated rings. The highest BCUT2D eigenvalue weighted by Crippen LogP contribution is 2.36. The van der Waals surface area contributed by atoms with Gasteiger partial charge < -0.3 is 10.2 Å². The van der Waals surface area contributed by atoms with E-state index in [-0.39, 0.29) is 12.3 Å². The van der Waals surface area contributed by atoms with Crippen molar-refractivity contribution in [2.24, 2.45) is 11.8 Å². The Morgan fingerprint density at radius 2 is 2.14 bits per heavy atom. The highest BCUT2D eigenvalue weighted by atomic mass is 16.4. The van der Waals surface area contributed by atoms with E-state index in [0.29, 0.717) is 5.92 Å². The Hall–Kier alpha value is -0.570. The standard InChI is InChI=1S/C11H20O3/c1-3-11(14,10(12)13)8(2)7-9-5-4-6-9/h8-9,14H,3-7H2,1-2H3,(H,12,13). The van der Waals surface area contributed by atoms with Crippen molar-refractivity contribution < 1.29 is 15.0 Å². The van der Waals surface area contributed by atoms with Gasteiger partial charge in [-0.05, 0) is 24.7 Å². The Balaban J connectivity index is 2.53. The zero-order valence-corrected chi connectivity index (χ0v) is 8.99.